The largest absolute Gasteiger partial charge is 0.467 e. The average molecular weight is 477 g/mol. The molecule has 0 radical (unpaired) electrons. The van der Waals surface area contributed by atoms with Crippen LogP contribution in [0.15, 0.2) is 97.1 Å². The lowest BCUT2D eigenvalue weighted by atomic mass is 9.99. The number of H-pyrrole nitrogens is 1. The Bertz CT molecular complexity index is 1510. The number of carbonyl (C=O) groups excluding carboxylic acids is 2. The summed E-state index contributed by atoms with van der Waals surface area (Å²) in [6.45, 7) is 0. The fraction of sp³-hybridized carbons (Fsp3) is 0.161. The van der Waals surface area contributed by atoms with Crippen molar-refractivity contribution in [2.24, 2.45) is 0 Å². The normalized spacial score (nSPS) is 11.9. The summed E-state index contributed by atoms with van der Waals surface area (Å²) in [5.74, 6) is -0.633. The molecule has 1 amide bonds. The molecule has 1 atom stereocenters. The topological polar surface area (TPSA) is 71.2 Å². The Balaban J connectivity index is 1.42. The molecule has 36 heavy (non-hydrogen) atoms. The third-order valence-electron chi connectivity index (χ3n) is 6.57. The molecule has 0 fully saturated rings. The number of nitrogens with one attached hydrogen (secondary N) is 2. The van der Waals surface area contributed by atoms with Crippen molar-refractivity contribution < 1.29 is 14.3 Å². The Kier molecular flexibility index (Phi) is 6.80. The molecule has 5 aromatic rings. The van der Waals surface area contributed by atoms with E-state index in [0.29, 0.717) is 12.8 Å². The molecular formula is C31H28N2O3. The van der Waals surface area contributed by atoms with Crippen LogP contribution < -0.4 is 5.32 Å². The maximum Gasteiger partial charge on any atom is 0.328 e. The molecule has 1 unspecified atom stereocenters. The van der Waals surface area contributed by atoms with E-state index in [1.165, 1.54) is 7.11 Å². The Hall–Kier alpha value is -4.38. The number of methoxy groups -OCH3 is 1. The molecular weight excluding hydrogens is 448 g/mol. The fourth-order valence-corrected chi connectivity index (χ4v) is 4.79. The average Bonchev–Trinajstić information content (AvgIpc) is 3.31. The van der Waals surface area contributed by atoms with Gasteiger partial charge >= 0.3 is 5.97 Å². The van der Waals surface area contributed by atoms with E-state index >= 15 is 0 Å². The smallest absolute Gasteiger partial charge is 0.328 e. The summed E-state index contributed by atoms with van der Waals surface area (Å²) >= 11 is 0. The van der Waals surface area contributed by atoms with Crippen LogP contribution in [0.4, 0.5) is 0 Å². The highest BCUT2D eigenvalue weighted by Crippen LogP contribution is 2.35. The number of aromatic nitrogens is 1. The highest BCUT2D eigenvalue weighted by atomic mass is 16.5. The summed E-state index contributed by atoms with van der Waals surface area (Å²) in [7, 11) is 1.34. The highest BCUT2D eigenvalue weighted by molar-refractivity contribution is 6.09. The van der Waals surface area contributed by atoms with Gasteiger partial charge in [0.05, 0.1) is 12.6 Å². The monoisotopic (exact) mass is 476 g/mol. The van der Waals surface area contributed by atoms with Crippen LogP contribution in [-0.4, -0.2) is 30.0 Å². The Morgan fingerprint density at radius 2 is 1.53 bits per heavy atom. The van der Waals surface area contributed by atoms with Crippen LogP contribution in [0.2, 0.25) is 0 Å². The molecule has 0 saturated carbocycles. The Labute approximate surface area is 210 Å². The van der Waals surface area contributed by atoms with Gasteiger partial charge in [0, 0.05) is 29.3 Å². The van der Waals surface area contributed by atoms with Crippen LogP contribution in [0.3, 0.4) is 0 Å². The fourth-order valence-electron chi connectivity index (χ4n) is 4.79. The molecule has 2 N–H and O–H groups in total. The molecule has 0 aliphatic carbocycles. The van der Waals surface area contributed by atoms with E-state index in [4.69, 9.17) is 4.74 Å². The molecule has 4 aromatic carbocycles. The van der Waals surface area contributed by atoms with Gasteiger partial charge in [-0.3, -0.25) is 4.79 Å². The first-order chi connectivity index (χ1) is 17.6. The standard InChI is InChI=1S/C31H28N2O3/c1-36-31(35)27(20-21-10-4-2-5-11-21)32-28(34)19-18-25-26-17-16-22-12-8-9-15-24(22)30(26)33-29(25)23-13-6-3-7-14-23/h2-17,27,33H,18-20H2,1H3,(H,32,34). The molecule has 5 nitrogen and oxygen atoms in total. The van der Waals surface area contributed by atoms with Gasteiger partial charge in [0.25, 0.3) is 0 Å². The first kappa shape index (κ1) is 23.4. The molecule has 1 aromatic heterocycles. The van der Waals surface area contributed by atoms with Gasteiger partial charge in [-0.15, -0.1) is 0 Å². The lowest BCUT2D eigenvalue weighted by molar-refractivity contribution is -0.145. The van der Waals surface area contributed by atoms with Crippen LogP contribution in [0.1, 0.15) is 17.5 Å². The van der Waals surface area contributed by atoms with E-state index in [-0.39, 0.29) is 12.3 Å². The summed E-state index contributed by atoms with van der Waals surface area (Å²) in [6.07, 6.45) is 1.17. The molecule has 0 bridgehead atoms. The zero-order chi connectivity index (χ0) is 24.9. The van der Waals surface area contributed by atoms with Crippen molar-refractivity contribution in [1.82, 2.24) is 10.3 Å². The molecule has 0 spiro atoms. The number of benzene rings is 4. The summed E-state index contributed by atoms with van der Waals surface area (Å²) in [5, 5.41) is 6.31. The van der Waals surface area contributed by atoms with Crippen molar-refractivity contribution >= 4 is 33.6 Å². The number of esters is 1. The van der Waals surface area contributed by atoms with Crippen molar-refractivity contribution in [3.63, 3.8) is 0 Å². The predicted molar refractivity (Wildman–Crippen MR) is 144 cm³/mol. The number of ether oxygens (including phenoxy) is 1. The number of hydrogen-bond donors (Lipinski definition) is 2. The summed E-state index contributed by atoms with van der Waals surface area (Å²) in [5.41, 5.74) is 5.21. The summed E-state index contributed by atoms with van der Waals surface area (Å²) in [6, 6.07) is 31.6. The van der Waals surface area contributed by atoms with Gasteiger partial charge in [-0.1, -0.05) is 97.1 Å². The van der Waals surface area contributed by atoms with Gasteiger partial charge in [-0.05, 0) is 28.5 Å². The van der Waals surface area contributed by atoms with Gasteiger partial charge in [-0.2, -0.15) is 0 Å². The van der Waals surface area contributed by atoms with E-state index in [0.717, 1.165) is 44.1 Å². The quantitative estimate of drug-likeness (QED) is 0.277. The first-order valence-corrected chi connectivity index (χ1v) is 12.1. The number of rotatable bonds is 8. The van der Waals surface area contributed by atoms with Crippen molar-refractivity contribution in [2.45, 2.75) is 25.3 Å². The minimum absolute atomic E-state index is 0.185. The lowest BCUT2D eigenvalue weighted by Gasteiger charge is -2.17. The maximum absolute atomic E-state index is 13.0. The van der Waals surface area contributed by atoms with Crippen LogP contribution in [0, 0.1) is 0 Å². The molecule has 5 rings (SSSR count). The molecule has 0 aliphatic rings. The second kappa shape index (κ2) is 10.5. The van der Waals surface area contributed by atoms with Crippen LogP contribution in [-0.2, 0) is 27.2 Å². The number of hydrogen-bond acceptors (Lipinski definition) is 3. The van der Waals surface area contributed by atoms with Gasteiger partial charge in [0.15, 0.2) is 0 Å². The third-order valence-corrected chi connectivity index (χ3v) is 6.57. The Morgan fingerprint density at radius 1 is 0.833 bits per heavy atom. The van der Waals surface area contributed by atoms with Gasteiger partial charge in [-0.25, -0.2) is 4.79 Å². The van der Waals surface area contributed by atoms with Crippen molar-refractivity contribution in [3.8, 4) is 11.3 Å². The SMILES string of the molecule is COC(=O)C(Cc1ccccc1)NC(=O)CCc1c(-c2ccccc2)[nH]c2c1ccc1ccccc12. The second-order valence-corrected chi connectivity index (χ2v) is 8.89. The van der Waals surface area contributed by atoms with E-state index < -0.39 is 12.0 Å². The molecule has 0 aliphatic heterocycles. The Morgan fingerprint density at radius 3 is 2.28 bits per heavy atom. The summed E-state index contributed by atoms with van der Waals surface area (Å²) < 4.78 is 4.95. The van der Waals surface area contributed by atoms with E-state index in [9.17, 15) is 9.59 Å². The summed E-state index contributed by atoms with van der Waals surface area (Å²) in [4.78, 5) is 29.0. The van der Waals surface area contributed by atoms with Crippen molar-refractivity contribution in [1.29, 1.82) is 0 Å². The van der Waals surface area contributed by atoms with Crippen LogP contribution >= 0.6 is 0 Å². The lowest BCUT2D eigenvalue weighted by Crippen LogP contribution is -2.43. The number of aromatic amines is 1. The molecule has 180 valence electrons. The van der Waals surface area contributed by atoms with Gasteiger partial charge in [0.2, 0.25) is 5.91 Å². The minimum Gasteiger partial charge on any atom is -0.467 e. The van der Waals surface area contributed by atoms with E-state index in [1.807, 2.05) is 60.7 Å². The van der Waals surface area contributed by atoms with E-state index in [1.54, 1.807) is 0 Å². The number of aryl methyl sites for hydroxylation is 1. The first-order valence-electron chi connectivity index (χ1n) is 12.1. The highest BCUT2D eigenvalue weighted by Gasteiger charge is 2.23. The zero-order valence-electron chi connectivity index (χ0n) is 20.2. The second-order valence-electron chi connectivity index (χ2n) is 8.89. The number of carbonyl (C=O) groups is 2. The van der Waals surface area contributed by atoms with Gasteiger partial charge in [0.1, 0.15) is 6.04 Å². The predicted octanol–water partition coefficient (Wildman–Crippen LogP) is 5.82. The molecule has 0 saturated heterocycles. The van der Waals surface area contributed by atoms with Crippen molar-refractivity contribution in [3.05, 3.63) is 108 Å². The zero-order valence-corrected chi connectivity index (χ0v) is 20.2. The minimum atomic E-state index is -0.731. The molecule has 1 heterocycles. The third kappa shape index (κ3) is 4.86. The maximum atomic E-state index is 13.0. The van der Waals surface area contributed by atoms with E-state index in [2.05, 4.69) is 46.7 Å². The van der Waals surface area contributed by atoms with Crippen molar-refractivity contribution in [2.75, 3.05) is 7.11 Å². The number of amides is 1. The van der Waals surface area contributed by atoms with Crippen LogP contribution in [0.25, 0.3) is 32.9 Å². The van der Waals surface area contributed by atoms with Gasteiger partial charge < -0.3 is 15.0 Å². The number of fused-ring (bicyclic) bond motifs is 3. The molecule has 5 heteroatoms. The van der Waals surface area contributed by atoms with Crippen LogP contribution in [0.5, 0.6) is 0 Å².